The van der Waals surface area contributed by atoms with Crippen LogP contribution in [0.4, 0.5) is 5.69 Å². The van der Waals surface area contributed by atoms with Crippen LogP contribution >= 0.6 is 0 Å². The van der Waals surface area contributed by atoms with E-state index < -0.39 is 0 Å². The first-order valence-electron chi connectivity index (χ1n) is 9.64. The van der Waals surface area contributed by atoms with E-state index in [4.69, 9.17) is 4.74 Å². The van der Waals surface area contributed by atoms with E-state index in [9.17, 15) is 4.79 Å². The molecule has 0 amide bonds. The lowest BCUT2D eigenvalue weighted by molar-refractivity contribution is -0.122. The quantitative estimate of drug-likeness (QED) is 0.655. The molecule has 1 heterocycles. The van der Waals surface area contributed by atoms with Crippen molar-refractivity contribution < 1.29 is 9.53 Å². The molecule has 1 aliphatic heterocycles. The van der Waals surface area contributed by atoms with Gasteiger partial charge in [-0.2, -0.15) is 0 Å². The number of rotatable bonds is 5. The van der Waals surface area contributed by atoms with Crippen LogP contribution < -0.4 is 4.90 Å². The van der Waals surface area contributed by atoms with Gasteiger partial charge in [-0.05, 0) is 34.4 Å². The fourth-order valence-electron chi connectivity index (χ4n) is 4.03. The van der Waals surface area contributed by atoms with Crippen molar-refractivity contribution in [3.8, 4) is 0 Å². The number of carbonyl (C=O) groups is 1. The second kappa shape index (κ2) is 7.93. The first-order chi connectivity index (χ1) is 13.2. The number of ether oxygens (including phenoxy) is 1. The highest BCUT2D eigenvalue weighted by molar-refractivity contribution is 5.90. The molecule has 0 aliphatic carbocycles. The molecule has 2 atom stereocenters. The molecule has 0 N–H and O–H groups in total. The Morgan fingerprint density at radius 2 is 1.78 bits per heavy atom. The van der Waals surface area contributed by atoms with E-state index in [1.807, 2.05) is 18.2 Å². The normalized spacial score (nSPS) is 18.4. The number of anilines is 1. The fourth-order valence-corrected chi connectivity index (χ4v) is 4.03. The van der Waals surface area contributed by atoms with E-state index >= 15 is 0 Å². The molecule has 3 nitrogen and oxygen atoms in total. The maximum atomic E-state index is 13.2. The van der Waals surface area contributed by atoms with Crippen molar-refractivity contribution in [3.05, 3.63) is 78.4 Å². The lowest BCUT2D eigenvalue weighted by atomic mass is 9.89. The Morgan fingerprint density at radius 3 is 2.63 bits per heavy atom. The average Bonchev–Trinajstić information content (AvgIpc) is 2.74. The Bertz CT molecular complexity index is 917. The number of carbonyl (C=O) groups excluding carboxylic acids is 1. The van der Waals surface area contributed by atoms with E-state index in [0.717, 1.165) is 12.2 Å². The lowest BCUT2D eigenvalue weighted by Crippen LogP contribution is -2.50. The van der Waals surface area contributed by atoms with Crippen LogP contribution in [0.3, 0.4) is 0 Å². The second-order valence-corrected chi connectivity index (χ2v) is 7.26. The third-order valence-corrected chi connectivity index (χ3v) is 5.45. The molecule has 4 rings (SSSR count). The molecule has 1 aliphatic rings. The van der Waals surface area contributed by atoms with Gasteiger partial charge in [0.25, 0.3) is 0 Å². The van der Waals surface area contributed by atoms with Gasteiger partial charge in [0.1, 0.15) is 6.04 Å². The van der Waals surface area contributed by atoms with Crippen LogP contribution in [0.1, 0.15) is 24.8 Å². The highest BCUT2D eigenvalue weighted by Gasteiger charge is 2.30. The molecule has 0 saturated carbocycles. The zero-order chi connectivity index (χ0) is 18.6. The summed E-state index contributed by atoms with van der Waals surface area (Å²) in [5.41, 5.74) is 2.33. The Balaban J connectivity index is 1.55. The number of ketones is 1. The molecule has 0 bridgehead atoms. The summed E-state index contributed by atoms with van der Waals surface area (Å²) in [7, 11) is 0. The van der Waals surface area contributed by atoms with Gasteiger partial charge in [0.05, 0.1) is 13.2 Å². The molecule has 0 spiro atoms. The highest BCUT2D eigenvalue weighted by Crippen LogP contribution is 2.29. The van der Waals surface area contributed by atoms with E-state index in [2.05, 4.69) is 66.4 Å². The number of benzene rings is 3. The Kier molecular flexibility index (Phi) is 5.21. The maximum absolute atomic E-state index is 13.2. The van der Waals surface area contributed by atoms with E-state index in [1.165, 1.54) is 16.3 Å². The van der Waals surface area contributed by atoms with Crippen LogP contribution in [-0.2, 0) is 9.53 Å². The Morgan fingerprint density at radius 1 is 1.04 bits per heavy atom. The number of Topliss-reactive ketones (excluding diaryl/α,β-unsaturated/α-hetero) is 1. The van der Waals surface area contributed by atoms with Crippen LogP contribution in [0.25, 0.3) is 10.8 Å². The number of hydrogen-bond donors (Lipinski definition) is 0. The standard InChI is InChI=1S/C24H25NO2/c1-18(21-13-7-9-19-8-5-6-12-22(19)21)16-24(26)23-17-27-15-14-25(23)20-10-3-2-4-11-20/h2-13,18,23H,14-17H2,1H3/t18-,23?/m0/s1. The van der Waals surface area contributed by atoms with Crippen molar-refractivity contribution in [2.45, 2.75) is 25.3 Å². The average molecular weight is 359 g/mol. The summed E-state index contributed by atoms with van der Waals surface area (Å²) >= 11 is 0. The number of hydrogen-bond acceptors (Lipinski definition) is 3. The molecule has 1 unspecified atom stereocenters. The molecule has 138 valence electrons. The highest BCUT2D eigenvalue weighted by atomic mass is 16.5. The van der Waals surface area contributed by atoms with Gasteiger partial charge in [-0.25, -0.2) is 0 Å². The molecule has 27 heavy (non-hydrogen) atoms. The third kappa shape index (κ3) is 3.74. The molecular weight excluding hydrogens is 334 g/mol. The summed E-state index contributed by atoms with van der Waals surface area (Å²) in [6.07, 6.45) is 0.519. The largest absolute Gasteiger partial charge is 0.377 e. The van der Waals surface area contributed by atoms with Crippen molar-refractivity contribution in [1.29, 1.82) is 0 Å². The Labute approximate surface area is 160 Å². The topological polar surface area (TPSA) is 29.5 Å². The summed E-state index contributed by atoms with van der Waals surface area (Å²) < 4.78 is 5.65. The van der Waals surface area contributed by atoms with E-state index in [0.29, 0.717) is 19.6 Å². The van der Waals surface area contributed by atoms with E-state index in [-0.39, 0.29) is 17.7 Å². The zero-order valence-electron chi connectivity index (χ0n) is 15.7. The van der Waals surface area contributed by atoms with Crippen LogP contribution in [0.15, 0.2) is 72.8 Å². The molecular formula is C24H25NO2. The zero-order valence-corrected chi connectivity index (χ0v) is 15.7. The predicted octanol–water partition coefficient (Wildman–Crippen LogP) is 4.81. The van der Waals surface area contributed by atoms with Gasteiger partial charge in [-0.15, -0.1) is 0 Å². The Hall–Kier alpha value is -2.65. The minimum atomic E-state index is -0.210. The minimum Gasteiger partial charge on any atom is -0.377 e. The van der Waals surface area contributed by atoms with Crippen molar-refractivity contribution in [3.63, 3.8) is 0 Å². The van der Waals surface area contributed by atoms with Crippen LogP contribution in [0, 0.1) is 0 Å². The van der Waals surface area contributed by atoms with Crippen LogP contribution in [-0.4, -0.2) is 31.6 Å². The molecule has 3 aromatic rings. The molecule has 0 radical (unpaired) electrons. The SMILES string of the molecule is C[C@@H](CC(=O)C1COCCN1c1ccccc1)c1cccc2ccccc12. The molecule has 0 aromatic heterocycles. The number of fused-ring (bicyclic) bond motifs is 1. The van der Waals surface area contributed by atoms with Gasteiger partial charge in [0.15, 0.2) is 5.78 Å². The van der Waals surface area contributed by atoms with Gasteiger partial charge >= 0.3 is 0 Å². The van der Waals surface area contributed by atoms with Gasteiger partial charge in [-0.3, -0.25) is 4.79 Å². The van der Waals surface area contributed by atoms with Gasteiger partial charge in [0, 0.05) is 18.7 Å². The molecule has 1 saturated heterocycles. The van der Waals surface area contributed by atoms with Gasteiger partial charge in [0.2, 0.25) is 0 Å². The van der Waals surface area contributed by atoms with E-state index in [1.54, 1.807) is 0 Å². The third-order valence-electron chi connectivity index (χ3n) is 5.45. The first kappa shape index (κ1) is 17.7. The first-order valence-corrected chi connectivity index (χ1v) is 9.64. The summed E-state index contributed by atoms with van der Waals surface area (Å²) in [6.45, 7) is 4.03. The lowest BCUT2D eigenvalue weighted by Gasteiger charge is -2.37. The minimum absolute atomic E-state index is 0.170. The van der Waals surface area contributed by atoms with Crippen molar-refractivity contribution >= 4 is 22.2 Å². The number of morpholine rings is 1. The summed E-state index contributed by atoms with van der Waals surface area (Å²) in [6, 6.07) is 24.7. The maximum Gasteiger partial charge on any atom is 0.158 e. The number of nitrogens with zero attached hydrogens (tertiary/aromatic N) is 1. The van der Waals surface area contributed by atoms with Crippen LogP contribution in [0.2, 0.25) is 0 Å². The summed E-state index contributed by atoms with van der Waals surface area (Å²) in [5, 5.41) is 2.46. The van der Waals surface area contributed by atoms with Gasteiger partial charge < -0.3 is 9.64 Å². The predicted molar refractivity (Wildman–Crippen MR) is 110 cm³/mol. The fraction of sp³-hybridized carbons (Fsp3) is 0.292. The molecule has 1 fully saturated rings. The van der Waals surface area contributed by atoms with Crippen molar-refractivity contribution in [1.82, 2.24) is 0 Å². The monoisotopic (exact) mass is 359 g/mol. The number of para-hydroxylation sites is 1. The summed E-state index contributed by atoms with van der Waals surface area (Å²) in [4.78, 5) is 15.4. The van der Waals surface area contributed by atoms with Crippen molar-refractivity contribution in [2.24, 2.45) is 0 Å². The second-order valence-electron chi connectivity index (χ2n) is 7.26. The van der Waals surface area contributed by atoms with Crippen molar-refractivity contribution in [2.75, 3.05) is 24.7 Å². The van der Waals surface area contributed by atoms with Crippen LogP contribution in [0.5, 0.6) is 0 Å². The summed E-state index contributed by atoms with van der Waals surface area (Å²) in [5.74, 6) is 0.419. The molecule has 3 aromatic carbocycles. The smallest absolute Gasteiger partial charge is 0.158 e. The molecule has 3 heteroatoms. The van der Waals surface area contributed by atoms with Gasteiger partial charge in [-0.1, -0.05) is 67.6 Å².